The van der Waals surface area contributed by atoms with Gasteiger partial charge in [-0.05, 0) is 48.4 Å². The van der Waals surface area contributed by atoms with Crippen molar-refractivity contribution in [3.8, 4) is 5.75 Å². The number of methoxy groups -OCH3 is 1. The Kier molecular flexibility index (Phi) is 5.91. The first-order valence-electron chi connectivity index (χ1n) is 8.49. The van der Waals surface area contributed by atoms with E-state index in [9.17, 15) is 12.8 Å². The summed E-state index contributed by atoms with van der Waals surface area (Å²) in [7, 11) is -2.57. The Hall–Kier alpha value is -2.57. The number of hydrogen-bond donors (Lipinski definition) is 0. The minimum absolute atomic E-state index is 0.00880. The molecule has 0 amide bonds. The minimum atomic E-state index is -4.07. The second-order valence-electron chi connectivity index (χ2n) is 6.21. The first-order valence-corrected chi connectivity index (χ1v) is 10.3. The maximum atomic E-state index is 13.8. The molecular formula is C21H19ClFNO3S. The summed E-state index contributed by atoms with van der Waals surface area (Å²) in [5.41, 5.74) is 1.47. The van der Waals surface area contributed by atoms with Gasteiger partial charge in [-0.2, -0.15) is 0 Å². The van der Waals surface area contributed by atoms with Crippen molar-refractivity contribution in [1.29, 1.82) is 0 Å². The molecule has 3 aromatic carbocycles. The Bertz CT molecular complexity index is 1100. The van der Waals surface area contributed by atoms with Crippen molar-refractivity contribution in [2.24, 2.45) is 0 Å². The summed E-state index contributed by atoms with van der Waals surface area (Å²) in [6.45, 7) is 1.62. The second-order valence-corrected chi connectivity index (χ2v) is 8.45. The van der Waals surface area contributed by atoms with Crippen LogP contribution in [0, 0.1) is 12.7 Å². The van der Waals surface area contributed by atoms with E-state index in [0.717, 1.165) is 6.07 Å². The molecule has 28 heavy (non-hydrogen) atoms. The molecule has 0 aliphatic heterocycles. The smallest absolute Gasteiger partial charge is 0.264 e. The maximum Gasteiger partial charge on any atom is 0.264 e. The number of nitrogens with zero attached hydrogens (tertiary/aromatic N) is 1. The summed E-state index contributed by atoms with van der Waals surface area (Å²) in [5, 5.41) is 0.446. The van der Waals surface area contributed by atoms with Gasteiger partial charge in [0.1, 0.15) is 11.6 Å². The fraction of sp³-hybridized carbons (Fsp3) is 0.143. The number of aryl methyl sites for hydroxylation is 1. The minimum Gasteiger partial charge on any atom is -0.497 e. The van der Waals surface area contributed by atoms with Gasteiger partial charge in [0.2, 0.25) is 0 Å². The Balaban J connectivity index is 2.17. The topological polar surface area (TPSA) is 46.6 Å². The van der Waals surface area contributed by atoms with E-state index in [0.29, 0.717) is 27.6 Å². The van der Waals surface area contributed by atoms with Gasteiger partial charge in [-0.25, -0.2) is 12.8 Å². The summed E-state index contributed by atoms with van der Waals surface area (Å²) < 4.78 is 47.3. The van der Waals surface area contributed by atoms with Gasteiger partial charge < -0.3 is 4.74 Å². The zero-order valence-corrected chi connectivity index (χ0v) is 17.0. The van der Waals surface area contributed by atoms with E-state index >= 15 is 0 Å². The molecule has 0 N–H and O–H groups in total. The lowest BCUT2D eigenvalue weighted by atomic mass is 10.2. The van der Waals surface area contributed by atoms with Crippen LogP contribution in [0.25, 0.3) is 0 Å². The molecule has 0 aliphatic carbocycles. The highest BCUT2D eigenvalue weighted by Gasteiger charge is 2.28. The summed E-state index contributed by atoms with van der Waals surface area (Å²) in [6.07, 6.45) is 0. The summed E-state index contributed by atoms with van der Waals surface area (Å²) in [4.78, 5) is -0.0950. The Morgan fingerprint density at radius 1 is 1.04 bits per heavy atom. The van der Waals surface area contributed by atoms with E-state index in [1.807, 2.05) is 0 Å². The molecule has 0 heterocycles. The standard InChI is InChI=1S/C21H19ClFNO3S/c1-15-10-11-17(23)12-21(15)28(25,26)24(14-16-6-3-4-9-20(16)22)18-7-5-8-19(13-18)27-2/h3-13H,14H2,1-2H3. The lowest BCUT2D eigenvalue weighted by molar-refractivity contribution is 0.415. The number of halogens is 2. The zero-order chi connectivity index (χ0) is 20.3. The van der Waals surface area contributed by atoms with Crippen molar-refractivity contribution in [3.63, 3.8) is 0 Å². The zero-order valence-electron chi connectivity index (χ0n) is 15.4. The van der Waals surface area contributed by atoms with Crippen molar-refractivity contribution in [1.82, 2.24) is 0 Å². The number of anilines is 1. The van der Waals surface area contributed by atoms with E-state index in [1.165, 1.54) is 23.5 Å². The van der Waals surface area contributed by atoms with Crippen LogP contribution in [0.1, 0.15) is 11.1 Å². The molecule has 0 aromatic heterocycles. The molecule has 0 radical (unpaired) electrons. The molecule has 0 fully saturated rings. The molecule has 3 rings (SSSR count). The van der Waals surface area contributed by atoms with Gasteiger partial charge >= 0.3 is 0 Å². The molecule has 3 aromatic rings. The van der Waals surface area contributed by atoms with Crippen LogP contribution in [0.5, 0.6) is 5.75 Å². The fourth-order valence-corrected chi connectivity index (χ4v) is 4.70. The molecule has 0 aliphatic rings. The van der Waals surface area contributed by atoms with E-state index < -0.39 is 15.8 Å². The van der Waals surface area contributed by atoms with E-state index in [1.54, 1.807) is 55.5 Å². The van der Waals surface area contributed by atoms with Crippen LogP contribution in [0.15, 0.2) is 71.6 Å². The highest BCUT2D eigenvalue weighted by Crippen LogP contribution is 2.31. The lowest BCUT2D eigenvalue weighted by Crippen LogP contribution is -2.31. The maximum absolute atomic E-state index is 13.8. The van der Waals surface area contributed by atoms with Gasteiger partial charge in [0, 0.05) is 11.1 Å². The van der Waals surface area contributed by atoms with Gasteiger partial charge in [0.15, 0.2) is 0 Å². The predicted molar refractivity (Wildman–Crippen MR) is 109 cm³/mol. The number of sulfonamides is 1. The number of rotatable bonds is 6. The number of benzene rings is 3. The van der Waals surface area contributed by atoms with Crippen molar-refractivity contribution >= 4 is 27.3 Å². The Morgan fingerprint density at radius 3 is 2.50 bits per heavy atom. The molecule has 0 atom stereocenters. The lowest BCUT2D eigenvalue weighted by Gasteiger charge is -2.26. The normalized spacial score (nSPS) is 11.3. The summed E-state index contributed by atoms with van der Waals surface area (Å²) in [6, 6.07) is 17.4. The first-order chi connectivity index (χ1) is 13.3. The average molecular weight is 420 g/mol. The molecule has 4 nitrogen and oxygen atoms in total. The third-order valence-electron chi connectivity index (χ3n) is 4.33. The third-order valence-corrected chi connectivity index (χ3v) is 6.62. The molecule has 7 heteroatoms. The van der Waals surface area contributed by atoms with Crippen LogP contribution < -0.4 is 9.04 Å². The molecule has 0 saturated carbocycles. The van der Waals surface area contributed by atoms with Crippen LogP contribution in [0.3, 0.4) is 0 Å². The van der Waals surface area contributed by atoms with Gasteiger partial charge in [0.25, 0.3) is 10.0 Å². The van der Waals surface area contributed by atoms with Crippen LogP contribution in [-0.4, -0.2) is 15.5 Å². The van der Waals surface area contributed by atoms with Gasteiger partial charge in [-0.1, -0.05) is 41.9 Å². The van der Waals surface area contributed by atoms with E-state index in [-0.39, 0.29) is 11.4 Å². The first kappa shape index (κ1) is 20.2. The van der Waals surface area contributed by atoms with Crippen molar-refractivity contribution in [2.45, 2.75) is 18.4 Å². The molecular weight excluding hydrogens is 401 g/mol. The number of ether oxygens (including phenoxy) is 1. The van der Waals surface area contributed by atoms with Crippen LogP contribution in [-0.2, 0) is 16.6 Å². The van der Waals surface area contributed by atoms with Crippen molar-refractivity contribution in [2.75, 3.05) is 11.4 Å². The fourth-order valence-electron chi connectivity index (χ4n) is 2.83. The Labute approximate surface area is 169 Å². The van der Waals surface area contributed by atoms with Crippen molar-refractivity contribution < 1.29 is 17.5 Å². The molecule has 0 bridgehead atoms. The van der Waals surface area contributed by atoms with Crippen LogP contribution >= 0.6 is 11.6 Å². The SMILES string of the molecule is COc1cccc(N(Cc2ccccc2Cl)S(=O)(=O)c2cc(F)ccc2C)c1. The predicted octanol–water partition coefficient (Wildman–Crippen LogP) is 5.19. The molecule has 0 saturated heterocycles. The highest BCUT2D eigenvalue weighted by molar-refractivity contribution is 7.92. The van der Waals surface area contributed by atoms with E-state index in [4.69, 9.17) is 16.3 Å². The molecule has 146 valence electrons. The largest absolute Gasteiger partial charge is 0.497 e. The third kappa shape index (κ3) is 4.13. The van der Waals surface area contributed by atoms with Crippen LogP contribution in [0.2, 0.25) is 5.02 Å². The van der Waals surface area contributed by atoms with E-state index in [2.05, 4.69) is 0 Å². The Morgan fingerprint density at radius 2 is 1.79 bits per heavy atom. The van der Waals surface area contributed by atoms with Gasteiger partial charge in [-0.3, -0.25) is 4.31 Å². The number of hydrogen-bond acceptors (Lipinski definition) is 3. The monoisotopic (exact) mass is 419 g/mol. The quantitative estimate of drug-likeness (QED) is 0.552. The second kappa shape index (κ2) is 8.20. The molecule has 0 spiro atoms. The van der Waals surface area contributed by atoms with Gasteiger partial charge in [0.05, 0.1) is 24.2 Å². The summed E-state index contributed by atoms with van der Waals surface area (Å²) in [5.74, 6) is -0.111. The van der Waals surface area contributed by atoms with Gasteiger partial charge in [-0.15, -0.1) is 0 Å². The van der Waals surface area contributed by atoms with Crippen LogP contribution in [0.4, 0.5) is 10.1 Å². The highest BCUT2D eigenvalue weighted by atomic mass is 35.5. The van der Waals surface area contributed by atoms with Crippen molar-refractivity contribution in [3.05, 3.63) is 88.7 Å². The summed E-state index contributed by atoms with van der Waals surface area (Å²) >= 11 is 6.26. The molecule has 0 unspecified atom stereocenters. The average Bonchev–Trinajstić information content (AvgIpc) is 2.69.